The second-order valence-electron chi connectivity index (χ2n) is 5.32. The van der Waals surface area contributed by atoms with E-state index in [1.807, 2.05) is 11.3 Å². The highest BCUT2D eigenvalue weighted by molar-refractivity contribution is 9.10. The molecule has 0 saturated carbocycles. The van der Waals surface area contributed by atoms with Crippen LogP contribution in [0.1, 0.15) is 24.1 Å². The molecule has 2 aliphatic heterocycles. The zero-order chi connectivity index (χ0) is 11.7. The predicted octanol–water partition coefficient (Wildman–Crippen LogP) is 3.17. The van der Waals surface area contributed by atoms with Gasteiger partial charge in [-0.05, 0) is 60.3 Å². The Bertz CT molecular complexity index is 383. The summed E-state index contributed by atoms with van der Waals surface area (Å²) in [7, 11) is 0. The highest BCUT2D eigenvalue weighted by Crippen LogP contribution is 2.43. The van der Waals surface area contributed by atoms with Gasteiger partial charge in [-0.25, -0.2) is 0 Å². The van der Waals surface area contributed by atoms with Crippen LogP contribution in [0.4, 0.5) is 0 Å². The number of rotatable bonds is 3. The van der Waals surface area contributed by atoms with Gasteiger partial charge in [-0.3, -0.25) is 0 Å². The van der Waals surface area contributed by atoms with Crippen molar-refractivity contribution in [2.24, 2.45) is 5.92 Å². The third kappa shape index (κ3) is 2.46. The minimum Gasteiger partial charge on any atom is -0.379 e. The molecule has 2 saturated heterocycles. The maximum Gasteiger partial charge on any atom is 0.0593 e. The van der Waals surface area contributed by atoms with Gasteiger partial charge in [-0.1, -0.05) is 0 Å². The summed E-state index contributed by atoms with van der Waals surface area (Å²) in [6, 6.07) is 2.28. The van der Waals surface area contributed by atoms with Crippen molar-refractivity contribution < 1.29 is 4.74 Å². The standard InChI is InChI=1S/C13H18BrNOS/c14-11-4-12(17-7-11)13(8-16-9-13)5-10-2-1-3-15-6-10/h4,7,10,15H,1-3,5-6,8-9H2. The average molecular weight is 316 g/mol. The highest BCUT2D eigenvalue weighted by atomic mass is 79.9. The van der Waals surface area contributed by atoms with Gasteiger partial charge in [0.05, 0.1) is 18.6 Å². The van der Waals surface area contributed by atoms with E-state index < -0.39 is 0 Å². The molecule has 3 heterocycles. The molecule has 1 aromatic heterocycles. The van der Waals surface area contributed by atoms with E-state index in [9.17, 15) is 0 Å². The first kappa shape index (κ1) is 12.2. The molecule has 0 aliphatic carbocycles. The summed E-state index contributed by atoms with van der Waals surface area (Å²) >= 11 is 5.43. The lowest BCUT2D eigenvalue weighted by Gasteiger charge is -2.43. The van der Waals surface area contributed by atoms with Gasteiger partial charge in [0.15, 0.2) is 0 Å². The molecule has 1 atom stereocenters. The monoisotopic (exact) mass is 315 g/mol. The van der Waals surface area contributed by atoms with Crippen molar-refractivity contribution in [3.05, 3.63) is 20.8 Å². The number of halogens is 1. The van der Waals surface area contributed by atoms with Crippen LogP contribution in [0.5, 0.6) is 0 Å². The van der Waals surface area contributed by atoms with Crippen molar-refractivity contribution in [2.75, 3.05) is 26.3 Å². The summed E-state index contributed by atoms with van der Waals surface area (Å²) in [5.41, 5.74) is 0.320. The molecular weight excluding hydrogens is 298 g/mol. The number of piperidine rings is 1. The minimum atomic E-state index is 0.320. The quantitative estimate of drug-likeness (QED) is 0.925. The third-order valence-corrected chi connectivity index (χ3v) is 5.86. The molecule has 0 spiro atoms. The summed E-state index contributed by atoms with van der Waals surface area (Å²) < 4.78 is 6.73. The van der Waals surface area contributed by atoms with Crippen molar-refractivity contribution in [1.82, 2.24) is 5.32 Å². The Morgan fingerprint density at radius 1 is 1.53 bits per heavy atom. The molecule has 2 nitrogen and oxygen atoms in total. The normalized spacial score (nSPS) is 27.7. The van der Waals surface area contributed by atoms with E-state index in [0.29, 0.717) is 5.41 Å². The molecule has 0 radical (unpaired) electrons. The van der Waals surface area contributed by atoms with Crippen LogP contribution in [0.25, 0.3) is 0 Å². The number of hydrogen-bond donors (Lipinski definition) is 1. The molecule has 1 N–H and O–H groups in total. The first-order valence-electron chi connectivity index (χ1n) is 6.31. The molecule has 0 bridgehead atoms. The first-order chi connectivity index (χ1) is 8.28. The van der Waals surface area contributed by atoms with E-state index >= 15 is 0 Å². The van der Waals surface area contributed by atoms with Crippen LogP contribution in [0.15, 0.2) is 15.9 Å². The van der Waals surface area contributed by atoms with Gasteiger partial charge < -0.3 is 10.1 Å². The van der Waals surface area contributed by atoms with Crippen LogP contribution >= 0.6 is 27.3 Å². The van der Waals surface area contributed by atoms with Crippen LogP contribution in [0.3, 0.4) is 0 Å². The molecule has 4 heteroatoms. The van der Waals surface area contributed by atoms with Crippen molar-refractivity contribution >= 4 is 27.3 Å². The van der Waals surface area contributed by atoms with Crippen molar-refractivity contribution in [3.63, 3.8) is 0 Å². The zero-order valence-electron chi connectivity index (χ0n) is 9.88. The third-order valence-electron chi connectivity index (χ3n) is 3.93. The van der Waals surface area contributed by atoms with E-state index in [0.717, 1.165) is 19.1 Å². The fourth-order valence-electron chi connectivity index (χ4n) is 2.95. The van der Waals surface area contributed by atoms with E-state index in [4.69, 9.17) is 4.74 Å². The van der Waals surface area contributed by atoms with Gasteiger partial charge in [-0.2, -0.15) is 0 Å². The second kappa shape index (κ2) is 5.00. The number of nitrogens with one attached hydrogen (secondary N) is 1. The fraction of sp³-hybridized carbons (Fsp3) is 0.692. The summed E-state index contributed by atoms with van der Waals surface area (Å²) in [5.74, 6) is 0.827. The Kier molecular flexibility index (Phi) is 3.57. The lowest BCUT2D eigenvalue weighted by atomic mass is 9.74. The SMILES string of the molecule is Brc1csc(C2(CC3CCCNC3)COC2)c1. The van der Waals surface area contributed by atoms with Crippen LogP contribution in [0.2, 0.25) is 0 Å². The van der Waals surface area contributed by atoms with Crippen molar-refractivity contribution in [1.29, 1.82) is 0 Å². The second-order valence-corrected chi connectivity index (χ2v) is 7.15. The van der Waals surface area contributed by atoms with Gasteiger partial charge in [0, 0.05) is 14.7 Å². The van der Waals surface area contributed by atoms with Gasteiger partial charge in [0.2, 0.25) is 0 Å². The van der Waals surface area contributed by atoms with Gasteiger partial charge >= 0.3 is 0 Å². The molecular formula is C13H18BrNOS. The Hall–Kier alpha value is 0.1000. The summed E-state index contributed by atoms with van der Waals surface area (Å²) in [5, 5.41) is 5.70. The topological polar surface area (TPSA) is 21.3 Å². The predicted molar refractivity (Wildman–Crippen MR) is 74.7 cm³/mol. The largest absolute Gasteiger partial charge is 0.379 e. The highest BCUT2D eigenvalue weighted by Gasteiger charge is 2.43. The molecule has 3 rings (SSSR count). The summed E-state index contributed by atoms with van der Waals surface area (Å²) in [6.07, 6.45) is 3.99. The summed E-state index contributed by atoms with van der Waals surface area (Å²) in [6.45, 7) is 4.21. The van der Waals surface area contributed by atoms with Crippen LogP contribution in [-0.4, -0.2) is 26.3 Å². The van der Waals surface area contributed by atoms with Crippen molar-refractivity contribution in [2.45, 2.75) is 24.7 Å². The van der Waals surface area contributed by atoms with E-state index in [2.05, 4.69) is 32.7 Å². The smallest absolute Gasteiger partial charge is 0.0593 e. The van der Waals surface area contributed by atoms with E-state index in [-0.39, 0.29) is 0 Å². The molecule has 2 aliphatic rings. The van der Waals surface area contributed by atoms with Crippen LogP contribution < -0.4 is 5.32 Å². The van der Waals surface area contributed by atoms with Gasteiger partial charge in [0.25, 0.3) is 0 Å². The van der Waals surface area contributed by atoms with E-state index in [1.54, 1.807) is 0 Å². The van der Waals surface area contributed by atoms with E-state index in [1.165, 1.54) is 41.7 Å². The maximum atomic E-state index is 5.51. The Morgan fingerprint density at radius 3 is 2.94 bits per heavy atom. The first-order valence-corrected chi connectivity index (χ1v) is 7.99. The number of hydrogen-bond acceptors (Lipinski definition) is 3. The molecule has 0 aromatic carbocycles. The Morgan fingerprint density at radius 2 is 2.41 bits per heavy atom. The lowest BCUT2D eigenvalue weighted by Crippen LogP contribution is -2.49. The minimum absolute atomic E-state index is 0.320. The molecule has 2 fully saturated rings. The fourth-order valence-corrected chi connectivity index (χ4v) is 4.57. The molecule has 1 aromatic rings. The summed E-state index contributed by atoms with van der Waals surface area (Å²) in [4.78, 5) is 1.50. The van der Waals surface area contributed by atoms with Gasteiger partial charge in [0.1, 0.15) is 0 Å². The number of ether oxygens (including phenoxy) is 1. The average Bonchev–Trinajstić information content (AvgIpc) is 2.72. The lowest BCUT2D eigenvalue weighted by molar-refractivity contribution is -0.0708. The zero-order valence-corrected chi connectivity index (χ0v) is 12.3. The maximum absolute atomic E-state index is 5.51. The van der Waals surface area contributed by atoms with Gasteiger partial charge in [-0.15, -0.1) is 11.3 Å². The Balaban J connectivity index is 1.73. The molecule has 17 heavy (non-hydrogen) atoms. The molecule has 0 amide bonds. The van der Waals surface area contributed by atoms with Crippen LogP contribution in [0, 0.1) is 5.92 Å². The van der Waals surface area contributed by atoms with Crippen LogP contribution in [-0.2, 0) is 10.2 Å². The van der Waals surface area contributed by atoms with Crippen molar-refractivity contribution in [3.8, 4) is 0 Å². The molecule has 1 unspecified atom stereocenters. The Labute approximate surface area is 115 Å². The molecule has 94 valence electrons. The number of thiophene rings is 1.